The Hall–Kier alpha value is -1.35. The van der Waals surface area contributed by atoms with Gasteiger partial charge >= 0.3 is 0 Å². The average Bonchev–Trinajstić information content (AvgIpc) is 2.59. The Morgan fingerprint density at radius 1 is 1.38 bits per heavy atom. The number of benzene rings is 1. The summed E-state index contributed by atoms with van der Waals surface area (Å²) < 4.78 is 31.8. The summed E-state index contributed by atoms with van der Waals surface area (Å²) in [5.74, 6) is 0.134. The lowest BCUT2D eigenvalue weighted by atomic mass is 9.99. The van der Waals surface area contributed by atoms with Crippen molar-refractivity contribution in [3.63, 3.8) is 0 Å². The fourth-order valence-corrected chi connectivity index (χ4v) is 4.14. The Bertz CT molecular complexity index is 637. The maximum atomic E-state index is 12.7. The fourth-order valence-electron chi connectivity index (χ4n) is 2.61. The van der Waals surface area contributed by atoms with Crippen LogP contribution in [-0.2, 0) is 14.8 Å². The van der Waals surface area contributed by atoms with Gasteiger partial charge in [0.2, 0.25) is 15.9 Å². The number of carbonyl (C=O) groups is 1. The highest BCUT2D eigenvalue weighted by Crippen LogP contribution is 2.25. The Labute approximate surface area is 149 Å². The summed E-state index contributed by atoms with van der Waals surface area (Å²) in [5, 5.41) is 2.73. The van der Waals surface area contributed by atoms with Crippen molar-refractivity contribution < 1.29 is 17.9 Å². The lowest BCUT2D eigenvalue weighted by molar-refractivity contribution is -0.126. The Morgan fingerprint density at radius 2 is 2.04 bits per heavy atom. The minimum atomic E-state index is -3.60. The summed E-state index contributed by atoms with van der Waals surface area (Å²) in [6, 6.07) is 6.27. The normalized spacial score (nSPS) is 18.5. The monoisotopic (exact) mass is 377 g/mol. The second-order valence-electron chi connectivity index (χ2n) is 5.46. The number of sulfonamides is 1. The van der Waals surface area contributed by atoms with Crippen molar-refractivity contribution in [2.45, 2.75) is 17.7 Å². The van der Waals surface area contributed by atoms with Crippen LogP contribution in [0.25, 0.3) is 0 Å². The summed E-state index contributed by atoms with van der Waals surface area (Å²) in [5.41, 5.74) is 5.37. The van der Waals surface area contributed by atoms with Gasteiger partial charge < -0.3 is 15.8 Å². The van der Waals surface area contributed by atoms with Crippen LogP contribution in [0.2, 0.25) is 0 Å². The van der Waals surface area contributed by atoms with E-state index in [0.717, 1.165) is 0 Å². The van der Waals surface area contributed by atoms with Crippen molar-refractivity contribution in [1.82, 2.24) is 9.62 Å². The van der Waals surface area contributed by atoms with Crippen LogP contribution in [0.15, 0.2) is 29.2 Å². The zero-order chi connectivity index (χ0) is 16.9. The van der Waals surface area contributed by atoms with E-state index in [9.17, 15) is 13.2 Å². The van der Waals surface area contributed by atoms with E-state index in [-0.39, 0.29) is 35.7 Å². The molecule has 1 unspecified atom stereocenters. The highest BCUT2D eigenvalue weighted by molar-refractivity contribution is 7.89. The number of nitrogens with two attached hydrogens (primary N) is 1. The van der Waals surface area contributed by atoms with E-state index in [1.807, 2.05) is 0 Å². The molecule has 1 aromatic rings. The topological polar surface area (TPSA) is 102 Å². The van der Waals surface area contributed by atoms with E-state index in [2.05, 4.69) is 5.32 Å². The van der Waals surface area contributed by atoms with E-state index in [4.69, 9.17) is 10.5 Å². The van der Waals surface area contributed by atoms with Gasteiger partial charge in [-0.15, -0.1) is 12.4 Å². The molecule has 1 fully saturated rings. The van der Waals surface area contributed by atoms with Gasteiger partial charge in [0.1, 0.15) is 5.75 Å². The molecule has 0 bridgehead atoms. The smallest absolute Gasteiger partial charge is 0.243 e. The van der Waals surface area contributed by atoms with Gasteiger partial charge in [0.05, 0.1) is 17.9 Å². The second-order valence-corrected chi connectivity index (χ2v) is 7.40. The zero-order valence-electron chi connectivity index (χ0n) is 13.6. The molecule has 3 N–H and O–H groups in total. The molecule has 7 nitrogen and oxygen atoms in total. The van der Waals surface area contributed by atoms with Gasteiger partial charge in [-0.25, -0.2) is 8.42 Å². The van der Waals surface area contributed by atoms with E-state index >= 15 is 0 Å². The highest BCUT2D eigenvalue weighted by atomic mass is 35.5. The summed E-state index contributed by atoms with van der Waals surface area (Å²) in [4.78, 5) is 12.3. The summed E-state index contributed by atoms with van der Waals surface area (Å²) in [6.45, 7) is 1.40. The first-order valence-corrected chi connectivity index (χ1v) is 9.05. The number of methoxy groups -OCH3 is 1. The molecular weight excluding hydrogens is 354 g/mol. The van der Waals surface area contributed by atoms with Crippen molar-refractivity contribution >= 4 is 28.3 Å². The zero-order valence-corrected chi connectivity index (χ0v) is 15.2. The molecule has 24 heavy (non-hydrogen) atoms. The lowest BCUT2D eigenvalue weighted by Gasteiger charge is -2.31. The summed E-state index contributed by atoms with van der Waals surface area (Å²) in [6.07, 6.45) is 1.35. The maximum Gasteiger partial charge on any atom is 0.243 e. The molecule has 0 aliphatic carbocycles. The standard InChI is InChI=1S/C15H23N3O4S.ClH/c1-22-13-4-6-14(7-5-13)23(20,21)18-10-2-3-12(11-18)15(19)17-9-8-16;/h4-7,12H,2-3,8-11,16H2,1H3,(H,17,19);1H. The number of carbonyl (C=O) groups excluding carboxylic acids is 1. The Morgan fingerprint density at radius 3 is 2.62 bits per heavy atom. The molecule has 0 radical (unpaired) electrons. The third-order valence-electron chi connectivity index (χ3n) is 3.90. The molecule has 2 rings (SSSR count). The molecule has 1 saturated heterocycles. The lowest BCUT2D eigenvalue weighted by Crippen LogP contribution is -2.46. The van der Waals surface area contributed by atoms with Crippen molar-refractivity contribution in [3.8, 4) is 5.75 Å². The number of halogens is 1. The summed E-state index contributed by atoms with van der Waals surface area (Å²) >= 11 is 0. The quantitative estimate of drug-likeness (QED) is 0.755. The van der Waals surface area contributed by atoms with Gasteiger partial charge in [-0.3, -0.25) is 4.79 Å². The highest BCUT2D eigenvalue weighted by Gasteiger charge is 2.33. The number of hydrogen-bond acceptors (Lipinski definition) is 5. The van der Waals surface area contributed by atoms with Crippen LogP contribution in [0.4, 0.5) is 0 Å². The van der Waals surface area contributed by atoms with Crippen LogP contribution < -0.4 is 15.8 Å². The minimum absolute atomic E-state index is 0. The van der Waals surface area contributed by atoms with E-state index in [0.29, 0.717) is 38.2 Å². The van der Waals surface area contributed by atoms with Crippen LogP contribution in [0, 0.1) is 5.92 Å². The van der Waals surface area contributed by atoms with Gasteiger partial charge in [-0.05, 0) is 37.1 Å². The second kappa shape index (κ2) is 9.22. The fraction of sp³-hybridized carbons (Fsp3) is 0.533. The van der Waals surface area contributed by atoms with Crippen molar-refractivity contribution in [2.75, 3.05) is 33.3 Å². The number of ether oxygens (including phenoxy) is 1. The van der Waals surface area contributed by atoms with E-state index in [1.165, 1.54) is 23.5 Å². The molecule has 136 valence electrons. The molecule has 9 heteroatoms. The number of nitrogens with zero attached hydrogens (tertiary/aromatic N) is 1. The minimum Gasteiger partial charge on any atom is -0.497 e. The van der Waals surface area contributed by atoms with Gasteiger partial charge in [0.15, 0.2) is 0 Å². The SMILES string of the molecule is COc1ccc(S(=O)(=O)N2CCCC(C(=O)NCCN)C2)cc1.Cl. The van der Waals surface area contributed by atoms with Gasteiger partial charge in [0.25, 0.3) is 0 Å². The first-order valence-electron chi connectivity index (χ1n) is 7.61. The molecule has 1 aliphatic rings. The molecule has 0 aromatic heterocycles. The van der Waals surface area contributed by atoms with Crippen molar-refractivity contribution in [2.24, 2.45) is 11.7 Å². The number of hydrogen-bond donors (Lipinski definition) is 2. The van der Waals surface area contributed by atoms with Crippen LogP contribution in [0.3, 0.4) is 0 Å². The molecule has 1 atom stereocenters. The predicted octanol–water partition coefficient (Wildman–Crippen LogP) is 0.593. The maximum absolute atomic E-state index is 12.7. The van der Waals surface area contributed by atoms with Crippen LogP contribution in [0.1, 0.15) is 12.8 Å². The third kappa shape index (κ3) is 4.83. The third-order valence-corrected chi connectivity index (χ3v) is 5.78. The molecule has 0 saturated carbocycles. The Balaban J connectivity index is 0.00000288. The number of nitrogens with one attached hydrogen (secondary N) is 1. The van der Waals surface area contributed by atoms with Crippen molar-refractivity contribution in [3.05, 3.63) is 24.3 Å². The van der Waals surface area contributed by atoms with E-state index in [1.54, 1.807) is 12.1 Å². The largest absolute Gasteiger partial charge is 0.497 e. The molecular formula is C15H24ClN3O4S. The van der Waals surface area contributed by atoms with Gasteiger partial charge in [-0.2, -0.15) is 4.31 Å². The van der Waals surface area contributed by atoms with Crippen LogP contribution in [0.5, 0.6) is 5.75 Å². The van der Waals surface area contributed by atoms with Crippen molar-refractivity contribution in [1.29, 1.82) is 0 Å². The van der Waals surface area contributed by atoms with E-state index < -0.39 is 10.0 Å². The first kappa shape index (κ1) is 20.7. The Kier molecular flexibility index (Phi) is 7.95. The van der Waals surface area contributed by atoms with Crippen LogP contribution >= 0.6 is 12.4 Å². The number of rotatable bonds is 6. The molecule has 1 amide bonds. The van der Waals surface area contributed by atoms with Crippen LogP contribution in [-0.4, -0.2) is 51.9 Å². The molecule has 0 spiro atoms. The molecule has 1 heterocycles. The van der Waals surface area contributed by atoms with Gasteiger partial charge in [0, 0.05) is 26.2 Å². The number of piperidine rings is 1. The number of amides is 1. The first-order chi connectivity index (χ1) is 11.0. The average molecular weight is 378 g/mol. The predicted molar refractivity (Wildman–Crippen MR) is 93.8 cm³/mol. The summed E-state index contributed by atoms with van der Waals surface area (Å²) in [7, 11) is -2.07. The molecule has 1 aliphatic heterocycles. The molecule has 1 aromatic carbocycles. The van der Waals surface area contributed by atoms with Gasteiger partial charge in [-0.1, -0.05) is 0 Å².